The van der Waals surface area contributed by atoms with Crippen LogP contribution in [0.25, 0.3) is 10.9 Å². The van der Waals surface area contributed by atoms with E-state index in [-0.39, 0.29) is 24.8 Å². The molecule has 1 aliphatic rings. The van der Waals surface area contributed by atoms with Gasteiger partial charge < -0.3 is 29.2 Å². The van der Waals surface area contributed by atoms with E-state index in [0.717, 1.165) is 11.1 Å². The summed E-state index contributed by atoms with van der Waals surface area (Å²) in [6.07, 6.45) is 0. The molecule has 0 radical (unpaired) electrons. The Balaban J connectivity index is 1.32. The highest BCUT2D eigenvalue weighted by Crippen LogP contribution is 2.33. The maximum absolute atomic E-state index is 13.3. The fraction of sp³-hybridized carbons (Fsp3) is 0.250. The topological polar surface area (TPSA) is 104 Å². The second-order valence-electron chi connectivity index (χ2n) is 8.60. The number of hydrogen-bond acceptors (Lipinski definition) is 7. The van der Waals surface area contributed by atoms with Gasteiger partial charge in [0.2, 0.25) is 6.79 Å². The Kier molecular flexibility index (Phi) is 7.32. The van der Waals surface area contributed by atoms with Crippen LogP contribution in [0.2, 0.25) is 0 Å². The first kappa shape index (κ1) is 25.3. The van der Waals surface area contributed by atoms with Crippen molar-refractivity contribution in [2.45, 2.75) is 26.9 Å². The quantitative estimate of drug-likeness (QED) is 0.304. The van der Waals surface area contributed by atoms with E-state index in [0.29, 0.717) is 64.0 Å². The SMILES string of the molecule is CCOc1cc2[nH]c(=S)n(Cc3ccc(C(=O)NCc4ccc5c(c4)OCO5)cc3)c(=O)c2cc1OCC. The minimum Gasteiger partial charge on any atom is -0.490 e. The minimum absolute atomic E-state index is 0.205. The molecule has 0 aliphatic carbocycles. The van der Waals surface area contributed by atoms with Gasteiger partial charge in [0.15, 0.2) is 27.8 Å². The number of aromatic amines is 1. The number of ether oxygens (including phenoxy) is 4. The normalized spacial score (nSPS) is 11.9. The molecular weight excluding hydrogens is 506 g/mol. The molecule has 196 valence electrons. The van der Waals surface area contributed by atoms with Crippen molar-refractivity contribution in [3.63, 3.8) is 0 Å². The van der Waals surface area contributed by atoms with Crippen LogP contribution in [0.15, 0.2) is 59.4 Å². The Morgan fingerprint density at radius 2 is 1.66 bits per heavy atom. The van der Waals surface area contributed by atoms with Crippen molar-refractivity contribution < 1.29 is 23.7 Å². The second kappa shape index (κ2) is 11.0. The smallest absolute Gasteiger partial charge is 0.262 e. The fourth-order valence-electron chi connectivity index (χ4n) is 4.22. The van der Waals surface area contributed by atoms with Gasteiger partial charge in [-0.1, -0.05) is 18.2 Å². The maximum atomic E-state index is 13.3. The van der Waals surface area contributed by atoms with E-state index in [2.05, 4.69) is 10.3 Å². The number of aromatic nitrogens is 2. The zero-order chi connectivity index (χ0) is 26.6. The Labute approximate surface area is 223 Å². The summed E-state index contributed by atoms with van der Waals surface area (Å²) in [6, 6.07) is 16.1. The number of carbonyl (C=O) groups excluding carboxylic acids is 1. The van der Waals surface area contributed by atoms with Crippen molar-refractivity contribution in [2.24, 2.45) is 0 Å². The summed E-state index contributed by atoms with van der Waals surface area (Å²) in [6.45, 7) is 5.48. The van der Waals surface area contributed by atoms with Crippen molar-refractivity contribution >= 4 is 29.0 Å². The number of fused-ring (bicyclic) bond motifs is 2. The Morgan fingerprint density at radius 1 is 0.974 bits per heavy atom. The van der Waals surface area contributed by atoms with Crippen LogP contribution in [-0.2, 0) is 13.1 Å². The Hall–Kier alpha value is -4.31. The summed E-state index contributed by atoms with van der Waals surface area (Å²) in [7, 11) is 0. The lowest BCUT2D eigenvalue weighted by molar-refractivity contribution is 0.0951. The molecule has 3 aromatic carbocycles. The first-order valence-electron chi connectivity index (χ1n) is 12.3. The van der Waals surface area contributed by atoms with E-state index in [1.807, 2.05) is 44.2 Å². The van der Waals surface area contributed by atoms with Gasteiger partial charge in [-0.05, 0) is 67.5 Å². The molecule has 0 unspecified atom stereocenters. The van der Waals surface area contributed by atoms with Gasteiger partial charge in [-0.25, -0.2) is 0 Å². The molecule has 2 N–H and O–H groups in total. The molecule has 38 heavy (non-hydrogen) atoms. The van der Waals surface area contributed by atoms with Gasteiger partial charge in [0.05, 0.1) is 30.7 Å². The monoisotopic (exact) mass is 533 g/mol. The third-order valence-corrected chi connectivity index (χ3v) is 6.42. The summed E-state index contributed by atoms with van der Waals surface area (Å²) >= 11 is 5.49. The Bertz CT molecular complexity index is 1610. The van der Waals surface area contributed by atoms with E-state index in [4.69, 9.17) is 31.2 Å². The molecule has 10 heteroatoms. The summed E-state index contributed by atoms with van der Waals surface area (Å²) in [5.41, 5.74) is 2.59. The Morgan fingerprint density at radius 3 is 2.39 bits per heavy atom. The lowest BCUT2D eigenvalue weighted by Crippen LogP contribution is -2.24. The van der Waals surface area contributed by atoms with Crippen LogP contribution in [0.4, 0.5) is 0 Å². The van der Waals surface area contributed by atoms with Crippen molar-refractivity contribution in [3.8, 4) is 23.0 Å². The number of carbonyl (C=O) groups is 1. The van der Waals surface area contributed by atoms with Gasteiger partial charge >= 0.3 is 0 Å². The van der Waals surface area contributed by atoms with Crippen molar-refractivity contribution in [3.05, 3.63) is 86.4 Å². The summed E-state index contributed by atoms with van der Waals surface area (Å²) in [5.74, 6) is 2.23. The lowest BCUT2D eigenvalue weighted by atomic mass is 10.1. The molecule has 1 aliphatic heterocycles. The minimum atomic E-state index is -0.238. The molecule has 1 amide bonds. The summed E-state index contributed by atoms with van der Waals surface area (Å²) in [4.78, 5) is 29.1. The number of rotatable bonds is 9. The van der Waals surface area contributed by atoms with Gasteiger partial charge in [0, 0.05) is 18.2 Å². The van der Waals surface area contributed by atoms with E-state index in [1.165, 1.54) is 4.57 Å². The molecular formula is C28H27N3O6S. The number of nitrogens with zero attached hydrogens (tertiary/aromatic N) is 1. The number of benzene rings is 3. The van der Waals surface area contributed by atoms with Gasteiger partial charge in [-0.2, -0.15) is 0 Å². The molecule has 0 saturated carbocycles. The van der Waals surface area contributed by atoms with Crippen LogP contribution < -0.4 is 29.8 Å². The molecule has 2 heterocycles. The second-order valence-corrected chi connectivity index (χ2v) is 8.99. The number of H-pyrrole nitrogens is 1. The number of amides is 1. The third kappa shape index (κ3) is 5.21. The van der Waals surface area contributed by atoms with Gasteiger partial charge in [0.1, 0.15) is 0 Å². The largest absolute Gasteiger partial charge is 0.490 e. The third-order valence-electron chi connectivity index (χ3n) is 6.09. The standard InChI is InChI=1S/C28H27N3O6S/c1-3-34-24-12-20-21(13-25(24)35-4-2)30-28(38)31(27(20)33)15-17-5-8-19(9-6-17)26(32)29-14-18-7-10-22-23(11-18)37-16-36-22/h5-13H,3-4,14-16H2,1-2H3,(H,29,32)(H,30,38). The molecule has 0 atom stereocenters. The highest BCUT2D eigenvalue weighted by molar-refractivity contribution is 7.71. The zero-order valence-electron chi connectivity index (χ0n) is 21.0. The summed E-state index contributed by atoms with van der Waals surface area (Å²) in [5, 5.41) is 3.36. The molecule has 4 aromatic rings. The van der Waals surface area contributed by atoms with Crippen LogP contribution in [0.1, 0.15) is 35.3 Å². The molecule has 0 fully saturated rings. The molecule has 0 bridgehead atoms. The van der Waals surface area contributed by atoms with Crippen LogP contribution >= 0.6 is 12.2 Å². The average molecular weight is 534 g/mol. The van der Waals surface area contributed by atoms with Crippen LogP contribution in [-0.4, -0.2) is 35.5 Å². The number of hydrogen-bond donors (Lipinski definition) is 2. The lowest BCUT2D eigenvalue weighted by Gasteiger charge is -2.14. The van der Waals surface area contributed by atoms with Crippen LogP contribution in [0.5, 0.6) is 23.0 Å². The van der Waals surface area contributed by atoms with E-state index >= 15 is 0 Å². The van der Waals surface area contributed by atoms with E-state index in [9.17, 15) is 9.59 Å². The van der Waals surface area contributed by atoms with Crippen molar-refractivity contribution in [2.75, 3.05) is 20.0 Å². The van der Waals surface area contributed by atoms with Crippen molar-refractivity contribution in [1.29, 1.82) is 0 Å². The van der Waals surface area contributed by atoms with Crippen molar-refractivity contribution in [1.82, 2.24) is 14.9 Å². The van der Waals surface area contributed by atoms with Gasteiger partial charge in [-0.15, -0.1) is 0 Å². The van der Waals surface area contributed by atoms with Gasteiger partial charge in [-0.3, -0.25) is 14.2 Å². The maximum Gasteiger partial charge on any atom is 0.262 e. The van der Waals surface area contributed by atoms with Crippen LogP contribution in [0, 0.1) is 4.77 Å². The number of nitrogens with one attached hydrogen (secondary N) is 2. The zero-order valence-corrected chi connectivity index (χ0v) is 21.9. The summed E-state index contributed by atoms with van der Waals surface area (Å²) < 4.78 is 23.8. The van der Waals surface area contributed by atoms with Gasteiger partial charge in [0.25, 0.3) is 11.5 Å². The predicted molar refractivity (Wildman–Crippen MR) is 145 cm³/mol. The molecule has 0 saturated heterocycles. The molecule has 5 rings (SSSR count). The average Bonchev–Trinajstić information content (AvgIpc) is 3.39. The highest BCUT2D eigenvalue weighted by Gasteiger charge is 2.15. The predicted octanol–water partition coefficient (Wildman–Crippen LogP) is 4.56. The highest BCUT2D eigenvalue weighted by atomic mass is 32.1. The molecule has 0 spiro atoms. The van der Waals surface area contributed by atoms with E-state index < -0.39 is 0 Å². The molecule has 9 nitrogen and oxygen atoms in total. The van der Waals surface area contributed by atoms with E-state index in [1.54, 1.807) is 24.3 Å². The first-order chi connectivity index (χ1) is 18.5. The van der Waals surface area contributed by atoms with Crippen LogP contribution in [0.3, 0.4) is 0 Å². The fourth-order valence-corrected chi connectivity index (χ4v) is 4.48. The first-order valence-corrected chi connectivity index (χ1v) is 12.7. The molecule has 1 aromatic heterocycles.